The lowest BCUT2D eigenvalue weighted by Gasteiger charge is -2.13. The van der Waals surface area contributed by atoms with Crippen molar-refractivity contribution in [3.05, 3.63) is 134 Å². The predicted octanol–water partition coefficient (Wildman–Crippen LogP) is 10.5. The number of rotatable bonds is 2. The Morgan fingerprint density at radius 3 is 1.95 bits per heavy atom. The molecule has 0 aliphatic rings. The van der Waals surface area contributed by atoms with Crippen LogP contribution in [0.3, 0.4) is 0 Å². The van der Waals surface area contributed by atoms with E-state index in [9.17, 15) is 0 Å². The summed E-state index contributed by atoms with van der Waals surface area (Å²) in [4.78, 5) is 15.1. The fourth-order valence-electron chi connectivity index (χ4n) is 6.92. The van der Waals surface area contributed by atoms with E-state index < -0.39 is 0 Å². The average Bonchev–Trinajstić information content (AvgIpc) is 3.63. The van der Waals surface area contributed by atoms with Crippen LogP contribution in [0.1, 0.15) is 0 Å². The maximum absolute atomic E-state index is 5.28. The van der Waals surface area contributed by atoms with E-state index >= 15 is 0 Å². The van der Waals surface area contributed by atoms with Crippen molar-refractivity contribution in [3.63, 3.8) is 0 Å². The lowest BCUT2D eigenvalue weighted by atomic mass is 9.97. The third-order valence-corrected chi connectivity index (χ3v) is 10.00. The number of hydrogen-bond acceptors (Lipinski definition) is 4. The Balaban J connectivity index is 1.40. The highest BCUT2D eigenvalue weighted by Gasteiger charge is 2.22. The molecular formula is C39H22N4S. The van der Waals surface area contributed by atoms with E-state index in [0.29, 0.717) is 0 Å². The molecule has 10 rings (SSSR count). The Morgan fingerprint density at radius 2 is 1.16 bits per heavy atom. The van der Waals surface area contributed by atoms with Crippen molar-refractivity contribution < 1.29 is 0 Å². The van der Waals surface area contributed by atoms with Crippen molar-refractivity contribution in [2.75, 3.05) is 0 Å². The van der Waals surface area contributed by atoms with E-state index in [1.165, 1.54) is 52.5 Å². The van der Waals surface area contributed by atoms with Crippen molar-refractivity contribution >= 4 is 85.9 Å². The van der Waals surface area contributed by atoms with Crippen molar-refractivity contribution in [3.8, 4) is 17.2 Å². The first-order chi connectivity index (χ1) is 21.8. The number of aromatic nitrogens is 4. The molecule has 0 unspecified atom stereocenters. The number of nitrogens with zero attached hydrogens (tertiary/aromatic N) is 4. The zero-order valence-corrected chi connectivity index (χ0v) is 24.2. The van der Waals surface area contributed by atoms with Gasteiger partial charge in [-0.3, -0.25) is 9.55 Å². The third-order valence-electron chi connectivity index (χ3n) is 8.81. The van der Waals surface area contributed by atoms with Gasteiger partial charge in [-0.25, -0.2) is 9.97 Å². The van der Waals surface area contributed by atoms with Crippen molar-refractivity contribution in [2.24, 2.45) is 0 Å². The number of thiophene rings is 1. The highest BCUT2D eigenvalue weighted by atomic mass is 32.1. The van der Waals surface area contributed by atoms with Gasteiger partial charge in [-0.05, 0) is 58.6 Å². The van der Waals surface area contributed by atoms with Crippen LogP contribution < -0.4 is 0 Å². The minimum atomic E-state index is 0.763. The van der Waals surface area contributed by atoms with Crippen LogP contribution >= 0.6 is 11.3 Å². The highest BCUT2D eigenvalue weighted by Crippen LogP contribution is 2.46. The van der Waals surface area contributed by atoms with Crippen LogP contribution in [0.25, 0.3) is 91.8 Å². The van der Waals surface area contributed by atoms with Gasteiger partial charge in [-0.1, -0.05) is 84.9 Å². The topological polar surface area (TPSA) is 43.6 Å². The van der Waals surface area contributed by atoms with E-state index in [0.717, 1.165) is 39.3 Å². The summed E-state index contributed by atoms with van der Waals surface area (Å²) in [5.74, 6) is 0.780. The second-order valence-corrected chi connectivity index (χ2v) is 12.3. The Morgan fingerprint density at radius 1 is 0.500 bits per heavy atom. The van der Waals surface area contributed by atoms with Gasteiger partial charge in [-0.15, -0.1) is 11.3 Å². The van der Waals surface area contributed by atoms with E-state index in [4.69, 9.17) is 15.0 Å². The molecule has 10 aromatic rings. The minimum Gasteiger partial charge on any atom is -0.292 e. The number of fused-ring (bicyclic) bond motifs is 12. The number of hydrogen-bond donors (Lipinski definition) is 0. The Labute approximate surface area is 255 Å². The lowest BCUT2D eigenvalue weighted by Crippen LogP contribution is -2.04. The van der Waals surface area contributed by atoms with Crippen molar-refractivity contribution in [2.45, 2.75) is 0 Å². The third kappa shape index (κ3) is 3.24. The molecule has 4 heterocycles. The van der Waals surface area contributed by atoms with Gasteiger partial charge in [0.25, 0.3) is 0 Å². The van der Waals surface area contributed by atoms with Gasteiger partial charge in [0.2, 0.25) is 0 Å². The normalized spacial score (nSPS) is 12.1. The molecule has 0 atom stereocenters. The predicted molar refractivity (Wildman–Crippen MR) is 185 cm³/mol. The zero-order valence-electron chi connectivity index (χ0n) is 23.4. The molecule has 0 N–H and O–H groups in total. The Bertz CT molecular complexity index is 2780. The number of pyridine rings is 1. The van der Waals surface area contributed by atoms with E-state index in [-0.39, 0.29) is 0 Å². The summed E-state index contributed by atoms with van der Waals surface area (Å²) in [5, 5.41) is 10.1. The monoisotopic (exact) mass is 578 g/mol. The van der Waals surface area contributed by atoms with Crippen LogP contribution in [0.2, 0.25) is 0 Å². The number of para-hydroxylation sites is 3. The zero-order chi connectivity index (χ0) is 28.8. The summed E-state index contributed by atoms with van der Waals surface area (Å²) >= 11 is 1.89. The summed E-state index contributed by atoms with van der Waals surface area (Å²) in [5.41, 5.74) is 5.47. The molecule has 4 aromatic heterocycles. The molecular weight excluding hydrogens is 557 g/mol. The molecule has 0 saturated heterocycles. The molecule has 5 heteroatoms. The van der Waals surface area contributed by atoms with E-state index in [1.54, 1.807) is 0 Å². The van der Waals surface area contributed by atoms with E-state index in [1.807, 2.05) is 60.0 Å². The van der Waals surface area contributed by atoms with Crippen molar-refractivity contribution in [1.82, 2.24) is 19.5 Å². The molecule has 0 radical (unpaired) electrons. The summed E-state index contributed by atoms with van der Waals surface area (Å²) in [7, 11) is 0. The summed E-state index contributed by atoms with van der Waals surface area (Å²) in [6.07, 6.45) is 1.82. The first-order valence-electron chi connectivity index (χ1n) is 14.7. The fraction of sp³-hybridized carbons (Fsp3) is 0. The standard InChI is InChI=1S/C39H22N4S/c1-3-14-26-23(11-1)24-12-2-4-15-27(24)38-36(26)29-21-34-28(22-35(29)44-38)25-13-5-8-19-33(25)43(34)39-37(32-18-9-10-20-40-32)41-30-16-6-7-17-31(30)42-39/h1-22H. The quantitative estimate of drug-likeness (QED) is 0.192. The summed E-state index contributed by atoms with van der Waals surface area (Å²) < 4.78 is 4.91. The summed E-state index contributed by atoms with van der Waals surface area (Å²) in [6.45, 7) is 0. The molecule has 0 aliphatic carbocycles. The summed E-state index contributed by atoms with van der Waals surface area (Å²) in [6, 6.07) is 45.0. The number of benzene rings is 6. The second kappa shape index (κ2) is 8.93. The molecule has 0 bridgehead atoms. The smallest absolute Gasteiger partial charge is 0.166 e. The first kappa shape index (κ1) is 23.9. The molecule has 0 aliphatic heterocycles. The van der Waals surface area contributed by atoms with Gasteiger partial charge in [-0.2, -0.15) is 0 Å². The maximum Gasteiger partial charge on any atom is 0.166 e. The minimum absolute atomic E-state index is 0.763. The van der Waals surface area contributed by atoms with Crippen LogP contribution in [0, 0.1) is 0 Å². The van der Waals surface area contributed by atoms with Crippen LogP contribution in [-0.4, -0.2) is 19.5 Å². The van der Waals surface area contributed by atoms with Gasteiger partial charge >= 0.3 is 0 Å². The molecule has 4 nitrogen and oxygen atoms in total. The van der Waals surface area contributed by atoms with Gasteiger partial charge in [0, 0.05) is 42.5 Å². The van der Waals surface area contributed by atoms with Gasteiger partial charge in [0.1, 0.15) is 5.69 Å². The van der Waals surface area contributed by atoms with Crippen LogP contribution in [0.4, 0.5) is 0 Å². The van der Waals surface area contributed by atoms with Gasteiger partial charge < -0.3 is 0 Å². The molecule has 6 aromatic carbocycles. The lowest BCUT2D eigenvalue weighted by molar-refractivity contribution is 1.07. The SMILES string of the molecule is c1ccc(-c2nc3ccccc3nc2-n2c3ccccc3c3cc4sc5c6ccccc6c6ccccc6c5c4cc32)nc1. The Kier molecular flexibility index (Phi) is 4.84. The molecule has 0 saturated carbocycles. The fourth-order valence-corrected chi connectivity index (χ4v) is 8.19. The largest absolute Gasteiger partial charge is 0.292 e. The van der Waals surface area contributed by atoms with Crippen LogP contribution in [0.5, 0.6) is 0 Å². The average molecular weight is 579 g/mol. The first-order valence-corrected chi connectivity index (χ1v) is 15.5. The van der Waals surface area contributed by atoms with Crippen LogP contribution in [-0.2, 0) is 0 Å². The van der Waals surface area contributed by atoms with Crippen LogP contribution in [0.15, 0.2) is 134 Å². The molecule has 204 valence electrons. The second-order valence-electron chi connectivity index (χ2n) is 11.2. The molecule has 0 spiro atoms. The van der Waals surface area contributed by atoms with Crippen molar-refractivity contribution in [1.29, 1.82) is 0 Å². The van der Waals surface area contributed by atoms with E-state index in [2.05, 4.69) is 89.5 Å². The highest BCUT2D eigenvalue weighted by molar-refractivity contribution is 7.27. The van der Waals surface area contributed by atoms with Gasteiger partial charge in [0.05, 0.1) is 27.8 Å². The maximum atomic E-state index is 5.28. The molecule has 0 fully saturated rings. The molecule has 44 heavy (non-hydrogen) atoms. The van der Waals surface area contributed by atoms with Gasteiger partial charge in [0.15, 0.2) is 5.82 Å². The molecule has 0 amide bonds. The Hall–Kier alpha value is -5.65.